The molecule has 16 heavy (non-hydrogen) atoms. The Bertz CT molecular complexity index is 357. The first kappa shape index (κ1) is 13.2. The highest BCUT2D eigenvalue weighted by Crippen LogP contribution is 2.15. The lowest BCUT2D eigenvalue weighted by molar-refractivity contribution is 0.0989. The van der Waals surface area contributed by atoms with Gasteiger partial charge in [-0.1, -0.05) is 25.7 Å². The molecule has 1 heterocycles. The molecule has 0 aromatic carbocycles. The lowest BCUT2D eigenvalue weighted by Gasteiger charge is -2.04. The molecule has 0 fully saturated rings. The Hall–Kier alpha value is -0.820. The number of rotatable bonds is 5. The van der Waals surface area contributed by atoms with Gasteiger partial charge in [0, 0.05) is 28.8 Å². The maximum absolute atomic E-state index is 8.60. The van der Waals surface area contributed by atoms with Gasteiger partial charge in [-0.05, 0) is 12.0 Å². The standard InChI is InChI=1S/C13H18O2S/c1-11(2)8-15-9-13-7-12(10-16-13)5-3-4-6-14/h7,10-11,14H,4,6,8-9H2,1-2H3. The predicted octanol–water partition coefficient (Wildman–Crippen LogP) is 2.65. The van der Waals surface area contributed by atoms with E-state index in [-0.39, 0.29) is 6.61 Å². The van der Waals surface area contributed by atoms with Crippen LogP contribution in [0.5, 0.6) is 0 Å². The van der Waals surface area contributed by atoms with E-state index in [0.29, 0.717) is 18.9 Å². The van der Waals surface area contributed by atoms with Gasteiger partial charge in [0.25, 0.3) is 0 Å². The van der Waals surface area contributed by atoms with Gasteiger partial charge in [0.1, 0.15) is 0 Å². The van der Waals surface area contributed by atoms with Gasteiger partial charge in [-0.25, -0.2) is 0 Å². The van der Waals surface area contributed by atoms with E-state index in [0.717, 1.165) is 12.2 Å². The van der Waals surface area contributed by atoms with Crippen molar-refractivity contribution in [2.24, 2.45) is 5.92 Å². The number of ether oxygens (including phenoxy) is 1. The lowest BCUT2D eigenvalue weighted by Crippen LogP contribution is -2.00. The molecule has 0 aliphatic heterocycles. The predicted molar refractivity (Wildman–Crippen MR) is 67.4 cm³/mol. The second-order valence-corrected chi connectivity index (χ2v) is 4.98. The van der Waals surface area contributed by atoms with E-state index in [1.807, 2.05) is 5.38 Å². The zero-order valence-electron chi connectivity index (χ0n) is 9.82. The van der Waals surface area contributed by atoms with Crippen LogP contribution in [-0.4, -0.2) is 18.3 Å². The summed E-state index contributed by atoms with van der Waals surface area (Å²) in [5.41, 5.74) is 1.02. The quantitative estimate of drug-likeness (QED) is 0.799. The molecule has 0 spiro atoms. The molecule has 0 bridgehead atoms. The topological polar surface area (TPSA) is 29.5 Å². The van der Waals surface area contributed by atoms with Gasteiger partial charge in [-0.3, -0.25) is 0 Å². The smallest absolute Gasteiger partial charge is 0.0809 e. The molecule has 0 aliphatic rings. The first-order valence-electron chi connectivity index (χ1n) is 5.47. The van der Waals surface area contributed by atoms with Crippen LogP contribution in [0, 0.1) is 17.8 Å². The molecule has 0 radical (unpaired) electrons. The van der Waals surface area contributed by atoms with Gasteiger partial charge in [0.15, 0.2) is 0 Å². The van der Waals surface area contributed by atoms with Crippen molar-refractivity contribution in [2.45, 2.75) is 26.9 Å². The van der Waals surface area contributed by atoms with E-state index in [9.17, 15) is 0 Å². The van der Waals surface area contributed by atoms with E-state index in [4.69, 9.17) is 9.84 Å². The summed E-state index contributed by atoms with van der Waals surface area (Å²) in [4.78, 5) is 1.20. The van der Waals surface area contributed by atoms with Crippen molar-refractivity contribution in [3.63, 3.8) is 0 Å². The summed E-state index contributed by atoms with van der Waals surface area (Å²) in [5, 5.41) is 10.6. The van der Waals surface area contributed by atoms with Crippen LogP contribution in [0.15, 0.2) is 11.4 Å². The maximum Gasteiger partial charge on any atom is 0.0809 e. The Labute approximate surface area is 101 Å². The van der Waals surface area contributed by atoms with Crippen LogP contribution in [0.4, 0.5) is 0 Å². The van der Waals surface area contributed by atoms with E-state index < -0.39 is 0 Å². The molecular formula is C13H18O2S. The first-order valence-corrected chi connectivity index (χ1v) is 6.35. The van der Waals surface area contributed by atoms with Crippen molar-refractivity contribution in [3.05, 3.63) is 21.9 Å². The summed E-state index contributed by atoms with van der Waals surface area (Å²) in [6.07, 6.45) is 0.537. The summed E-state index contributed by atoms with van der Waals surface area (Å²) >= 11 is 1.67. The first-order chi connectivity index (χ1) is 7.72. The van der Waals surface area contributed by atoms with Crippen molar-refractivity contribution in [1.29, 1.82) is 0 Å². The maximum atomic E-state index is 8.60. The number of aliphatic hydroxyl groups excluding tert-OH is 1. The molecule has 0 aliphatic carbocycles. The summed E-state index contributed by atoms with van der Waals surface area (Å²) < 4.78 is 5.54. The van der Waals surface area contributed by atoms with E-state index in [1.54, 1.807) is 11.3 Å². The lowest BCUT2D eigenvalue weighted by atomic mass is 10.2. The van der Waals surface area contributed by atoms with Gasteiger partial charge >= 0.3 is 0 Å². The highest BCUT2D eigenvalue weighted by Gasteiger charge is 1.99. The Morgan fingerprint density at radius 3 is 3.00 bits per heavy atom. The minimum atomic E-state index is 0.126. The number of aliphatic hydroxyl groups is 1. The molecule has 1 aromatic heterocycles. The van der Waals surface area contributed by atoms with E-state index >= 15 is 0 Å². The van der Waals surface area contributed by atoms with Crippen LogP contribution in [0.1, 0.15) is 30.7 Å². The molecule has 1 rings (SSSR count). The van der Waals surface area contributed by atoms with Gasteiger partial charge in [0.05, 0.1) is 13.2 Å². The highest BCUT2D eigenvalue weighted by atomic mass is 32.1. The van der Waals surface area contributed by atoms with Crippen LogP contribution in [0.3, 0.4) is 0 Å². The van der Waals surface area contributed by atoms with Crippen LogP contribution in [0.2, 0.25) is 0 Å². The molecular weight excluding hydrogens is 220 g/mol. The Morgan fingerprint density at radius 2 is 2.31 bits per heavy atom. The average Bonchev–Trinajstić information content (AvgIpc) is 2.66. The SMILES string of the molecule is CC(C)COCc1cc(C#CCCO)cs1. The minimum absolute atomic E-state index is 0.126. The normalized spacial score (nSPS) is 10.2. The molecule has 2 nitrogen and oxygen atoms in total. The third-order valence-corrected chi connectivity index (χ3v) is 2.73. The van der Waals surface area contributed by atoms with Crippen molar-refractivity contribution in [2.75, 3.05) is 13.2 Å². The van der Waals surface area contributed by atoms with Gasteiger partial charge in [-0.15, -0.1) is 11.3 Å². The molecule has 0 unspecified atom stereocenters. The molecule has 0 atom stereocenters. The molecule has 0 saturated heterocycles. The van der Waals surface area contributed by atoms with Gasteiger partial charge in [-0.2, -0.15) is 0 Å². The number of thiophene rings is 1. The van der Waals surface area contributed by atoms with Crippen LogP contribution < -0.4 is 0 Å². The number of hydrogen-bond donors (Lipinski definition) is 1. The van der Waals surface area contributed by atoms with Crippen molar-refractivity contribution >= 4 is 11.3 Å². The second-order valence-electron chi connectivity index (χ2n) is 3.99. The molecule has 0 amide bonds. The third kappa shape index (κ3) is 5.32. The zero-order valence-corrected chi connectivity index (χ0v) is 10.6. The fourth-order valence-corrected chi connectivity index (χ4v) is 1.89. The summed E-state index contributed by atoms with van der Waals surface area (Å²) in [6.45, 7) is 5.87. The Balaban J connectivity index is 2.37. The molecule has 0 saturated carbocycles. The highest BCUT2D eigenvalue weighted by molar-refractivity contribution is 7.10. The van der Waals surface area contributed by atoms with Crippen molar-refractivity contribution in [1.82, 2.24) is 0 Å². The monoisotopic (exact) mass is 238 g/mol. The summed E-state index contributed by atoms with van der Waals surface area (Å²) in [7, 11) is 0. The fourth-order valence-electron chi connectivity index (χ4n) is 1.14. The molecule has 1 aromatic rings. The average molecular weight is 238 g/mol. The molecule has 1 N–H and O–H groups in total. The second kappa shape index (κ2) is 7.45. The zero-order chi connectivity index (χ0) is 11.8. The van der Waals surface area contributed by atoms with E-state index in [2.05, 4.69) is 31.8 Å². The minimum Gasteiger partial charge on any atom is -0.395 e. The fraction of sp³-hybridized carbons (Fsp3) is 0.538. The number of hydrogen-bond acceptors (Lipinski definition) is 3. The van der Waals surface area contributed by atoms with Gasteiger partial charge < -0.3 is 9.84 Å². The molecule has 88 valence electrons. The van der Waals surface area contributed by atoms with Crippen LogP contribution in [-0.2, 0) is 11.3 Å². The van der Waals surface area contributed by atoms with Crippen LogP contribution >= 0.6 is 11.3 Å². The summed E-state index contributed by atoms with van der Waals surface area (Å²) in [5.74, 6) is 6.49. The van der Waals surface area contributed by atoms with Crippen molar-refractivity contribution in [3.8, 4) is 11.8 Å². The van der Waals surface area contributed by atoms with Crippen LogP contribution in [0.25, 0.3) is 0 Å². The largest absolute Gasteiger partial charge is 0.395 e. The van der Waals surface area contributed by atoms with Crippen molar-refractivity contribution < 1.29 is 9.84 Å². The third-order valence-electron chi connectivity index (χ3n) is 1.82. The summed E-state index contributed by atoms with van der Waals surface area (Å²) in [6, 6.07) is 2.05. The van der Waals surface area contributed by atoms with E-state index in [1.165, 1.54) is 4.88 Å². The van der Waals surface area contributed by atoms with Gasteiger partial charge in [0.2, 0.25) is 0 Å². The molecule has 3 heteroatoms. The Kier molecular flexibility index (Phi) is 6.17. The Morgan fingerprint density at radius 1 is 1.50 bits per heavy atom.